The quantitative estimate of drug-likeness (QED) is 0.617. The largest absolute Gasteiger partial charge is 0.481 e. The molecular formula is C9H14O2. The fourth-order valence-electron chi connectivity index (χ4n) is 1.72. The van der Waals surface area contributed by atoms with E-state index in [0.717, 1.165) is 0 Å². The van der Waals surface area contributed by atoms with Gasteiger partial charge in [0.05, 0.1) is 5.92 Å². The first-order valence-corrected chi connectivity index (χ1v) is 3.87. The Labute approximate surface area is 66.9 Å². The van der Waals surface area contributed by atoms with E-state index in [9.17, 15) is 4.79 Å². The van der Waals surface area contributed by atoms with E-state index in [-0.39, 0.29) is 17.3 Å². The number of aliphatic carboxylic acids is 1. The van der Waals surface area contributed by atoms with E-state index in [1.165, 1.54) is 0 Å². The van der Waals surface area contributed by atoms with Crippen LogP contribution in [-0.4, -0.2) is 11.1 Å². The van der Waals surface area contributed by atoms with E-state index in [1.807, 2.05) is 32.9 Å². The van der Waals surface area contributed by atoms with Gasteiger partial charge in [-0.3, -0.25) is 4.79 Å². The van der Waals surface area contributed by atoms with Gasteiger partial charge in [0.15, 0.2) is 0 Å². The Morgan fingerprint density at radius 1 is 1.55 bits per heavy atom. The number of carboxylic acid groups (broad SMARTS) is 1. The third-order valence-electron chi connectivity index (χ3n) is 2.58. The number of hydrogen-bond donors (Lipinski definition) is 1. The average molecular weight is 154 g/mol. The molecule has 0 bridgehead atoms. The first kappa shape index (κ1) is 8.31. The first-order valence-electron chi connectivity index (χ1n) is 3.87. The predicted molar refractivity (Wildman–Crippen MR) is 43.2 cm³/mol. The molecule has 0 saturated heterocycles. The summed E-state index contributed by atoms with van der Waals surface area (Å²) in [5.41, 5.74) is -0.0294. The van der Waals surface area contributed by atoms with E-state index in [0.29, 0.717) is 0 Å². The van der Waals surface area contributed by atoms with Crippen molar-refractivity contribution in [3.8, 4) is 0 Å². The Kier molecular flexibility index (Phi) is 1.78. The Hall–Kier alpha value is -0.790. The highest BCUT2D eigenvalue weighted by Gasteiger charge is 2.60. The van der Waals surface area contributed by atoms with E-state index in [4.69, 9.17) is 5.11 Å². The van der Waals surface area contributed by atoms with Gasteiger partial charge >= 0.3 is 5.97 Å². The molecule has 62 valence electrons. The van der Waals surface area contributed by atoms with Gasteiger partial charge in [-0.05, 0) is 18.3 Å². The van der Waals surface area contributed by atoms with Crippen molar-refractivity contribution < 1.29 is 9.90 Å². The molecule has 2 heteroatoms. The number of allylic oxidation sites excluding steroid dienone is 2. The summed E-state index contributed by atoms with van der Waals surface area (Å²) in [4.78, 5) is 10.6. The first-order chi connectivity index (χ1) is 5.01. The lowest BCUT2D eigenvalue weighted by Crippen LogP contribution is -2.02. The summed E-state index contributed by atoms with van der Waals surface area (Å²) in [6.45, 7) is 5.92. The molecule has 1 aliphatic rings. The smallest absolute Gasteiger partial charge is 0.307 e. The standard InChI is InChI=1S/C9H14O2/c1-4-5-6-7(8(10)11)9(6,2)3/h4-7H,1-3H3,(H,10,11)/b5-4+/t6-,7+/m0/s1. The Morgan fingerprint density at radius 3 is 2.36 bits per heavy atom. The SMILES string of the molecule is C/C=C/[C@H]1[C@H](C(=O)O)C1(C)C. The van der Waals surface area contributed by atoms with Gasteiger partial charge < -0.3 is 5.11 Å². The van der Waals surface area contributed by atoms with Crippen LogP contribution in [0, 0.1) is 17.3 Å². The molecule has 1 rings (SSSR count). The molecule has 0 amide bonds. The minimum Gasteiger partial charge on any atom is -0.481 e. The van der Waals surface area contributed by atoms with Crippen molar-refractivity contribution in [1.29, 1.82) is 0 Å². The molecule has 0 heterocycles. The van der Waals surface area contributed by atoms with Gasteiger partial charge in [-0.1, -0.05) is 26.0 Å². The van der Waals surface area contributed by atoms with Crippen LogP contribution in [0.25, 0.3) is 0 Å². The minimum atomic E-state index is -0.668. The van der Waals surface area contributed by atoms with E-state index in [1.54, 1.807) is 0 Å². The van der Waals surface area contributed by atoms with E-state index < -0.39 is 5.97 Å². The molecule has 2 nitrogen and oxygen atoms in total. The van der Waals surface area contributed by atoms with Crippen LogP contribution in [0.5, 0.6) is 0 Å². The second-order valence-corrected chi connectivity index (χ2v) is 3.69. The summed E-state index contributed by atoms with van der Waals surface area (Å²) in [6, 6.07) is 0. The molecule has 2 atom stereocenters. The van der Waals surface area contributed by atoms with Crippen molar-refractivity contribution in [1.82, 2.24) is 0 Å². The van der Waals surface area contributed by atoms with Crippen LogP contribution in [0.4, 0.5) is 0 Å². The monoisotopic (exact) mass is 154 g/mol. The molecule has 0 unspecified atom stereocenters. The summed E-state index contributed by atoms with van der Waals surface area (Å²) in [6.07, 6.45) is 3.91. The van der Waals surface area contributed by atoms with Gasteiger partial charge in [0.2, 0.25) is 0 Å². The fraction of sp³-hybridized carbons (Fsp3) is 0.667. The Balaban J connectivity index is 2.68. The Bertz CT molecular complexity index is 204. The highest BCUT2D eigenvalue weighted by atomic mass is 16.4. The van der Waals surface area contributed by atoms with Gasteiger partial charge in [0.1, 0.15) is 0 Å². The molecular weight excluding hydrogens is 140 g/mol. The molecule has 1 aliphatic carbocycles. The number of hydrogen-bond acceptors (Lipinski definition) is 1. The number of carbonyl (C=O) groups is 1. The fourth-order valence-corrected chi connectivity index (χ4v) is 1.72. The second-order valence-electron chi connectivity index (χ2n) is 3.69. The van der Waals surface area contributed by atoms with Crippen LogP contribution in [-0.2, 0) is 4.79 Å². The lowest BCUT2D eigenvalue weighted by atomic mass is 10.1. The van der Waals surface area contributed by atoms with Crippen LogP contribution < -0.4 is 0 Å². The van der Waals surface area contributed by atoms with Crippen molar-refractivity contribution in [3.05, 3.63) is 12.2 Å². The lowest BCUT2D eigenvalue weighted by Gasteiger charge is -1.95. The van der Waals surface area contributed by atoms with Gasteiger partial charge in [0.25, 0.3) is 0 Å². The summed E-state index contributed by atoms with van der Waals surface area (Å²) < 4.78 is 0. The molecule has 1 N–H and O–H groups in total. The normalized spacial score (nSPS) is 34.1. The molecule has 0 aromatic heterocycles. The van der Waals surface area contributed by atoms with Gasteiger partial charge in [-0.15, -0.1) is 0 Å². The van der Waals surface area contributed by atoms with Crippen molar-refractivity contribution >= 4 is 5.97 Å². The van der Waals surface area contributed by atoms with Gasteiger partial charge in [0, 0.05) is 0 Å². The maximum Gasteiger partial charge on any atom is 0.307 e. The summed E-state index contributed by atoms with van der Waals surface area (Å²) in [5, 5.41) is 8.75. The van der Waals surface area contributed by atoms with Crippen LogP contribution >= 0.6 is 0 Å². The zero-order valence-corrected chi connectivity index (χ0v) is 7.16. The predicted octanol–water partition coefficient (Wildman–Crippen LogP) is 1.92. The van der Waals surface area contributed by atoms with Gasteiger partial charge in [-0.25, -0.2) is 0 Å². The average Bonchev–Trinajstić information content (AvgIpc) is 2.35. The van der Waals surface area contributed by atoms with Crippen molar-refractivity contribution in [2.45, 2.75) is 20.8 Å². The molecule has 1 saturated carbocycles. The molecule has 0 aromatic rings. The zero-order valence-electron chi connectivity index (χ0n) is 7.16. The Morgan fingerprint density at radius 2 is 2.09 bits per heavy atom. The minimum absolute atomic E-state index is 0.0294. The van der Waals surface area contributed by atoms with E-state index >= 15 is 0 Å². The number of rotatable bonds is 2. The summed E-state index contributed by atoms with van der Waals surface area (Å²) in [5.74, 6) is -0.596. The molecule has 0 spiro atoms. The zero-order chi connectivity index (χ0) is 8.65. The van der Waals surface area contributed by atoms with Crippen LogP contribution in [0.2, 0.25) is 0 Å². The maximum absolute atomic E-state index is 10.6. The highest BCUT2D eigenvalue weighted by Crippen LogP contribution is 2.58. The lowest BCUT2D eigenvalue weighted by molar-refractivity contribution is -0.139. The molecule has 1 fully saturated rings. The second kappa shape index (κ2) is 2.36. The van der Waals surface area contributed by atoms with Crippen molar-refractivity contribution in [2.24, 2.45) is 17.3 Å². The van der Waals surface area contributed by atoms with Crippen LogP contribution in [0.3, 0.4) is 0 Å². The van der Waals surface area contributed by atoms with Gasteiger partial charge in [-0.2, -0.15) is 0 Å². The highest BCUT2D eigenvalue weighted by molar-refractivity contribution is 5.76. The van der Waals surface area contributed by atoms with Crippen LogP contribution in [0.1, 0.15) is 20.8 Å². The van der Waals surface area contributed by atoms with Crippen molar-refractivity contribution in [3.63, 3.8) is 0 Å². The van der Waals surface area contributed by atoms with Crippen LogP contribution in [0.15, 0.2) is 12.2 Å². The topological polar surface area (TPSA) is 37.3 Å². The van der Waals surface area contributed by atoms with E-state index in [2.05, 4.69) is 0 Å². The summed E-state index contributed by atoms with van der Waals surface area (Å²) in [7, 11) is 0. The third kappa shape index (κ3) is 1.17. The third-order valence-corrected chi connectivity index (χ3v) is 2.58. The summed E-state index contributed by atoms with van der Waals surface area (Å²) >= 11 is 0. The number of carboxylic acids is 1. The molecule has 0 aromatic carbocycles. The van der Waals surface area contributed by atoms with Crippen molar-refractivity contribution in [2.75, 3.05) is 0 Å². The molecule has 11 heavy (non-hydrogen) atoms. The molecule has 0 radical (unpaired) electrons. The molecule has 0 aliphatic heterocycles. The maximum atomic E-state index is 10.6.